The lowest BCUT2D eigenvalue weighted by Gasteiger charge is -2.21. The van der Waals surface area contributed by atoms with E-state index in [1.165, 1.54) is 128 Å². The van der Waals surface area contributed by atoms with E-state index in [4.69, 9.17) is 37.0 Å². The number of allylic oxidation sites excluding steroid dienone is 10. The Morgan fingerprint density at radius 1 is 0.302 bits per heavy atom. The molecule has 19 heteroatoms. The van der Waals surface area contributed by atoms with E-state index in [0.29, 0.717) is 25.7 Å². The van der Waals surface area contributed by atoms with E-state index in [1.807, 2.05) is 0 Å². The van der Waals surface area contributed by atoms with Crippen LogP contribution in [0.15, 0.2) is 60.8 Å². The minimum atomic E-state index is -4.97. The van der Waals surface area contributed by atoms with Gasteiger partial charge < -0.3 is 33.8 Å². The number of phosphoric acid groups is 2. The van der Waals surface area contributed by atoms with E-state index >= 15 is 0 Å². The number of ether oxygens (including phenoxy) is 4. The van der Waals surface area contributed by atoms with Crippen LogP contribution in [-0.4, -0.2) is 96.7 Å². The Balaban J connectivity index is 5.34. The molecule has 0 aliphatic carbocycles. The van der Waals surface area contributed by atoms with Crippen LogP contribution in [0.25, 0.3) is 0 Å². The summed E-state index contributed by atoms with van der Waals surface area (Å²) < 4.78 is 68.4. The molecule has 0 heterocycles. The maximum absolute atomic E-state index is 13.1. The second-order valence-corrected chi connectivity index (χ2v) is 28.9. The van der Waals surface area contributed by atoms with Gasteiger partial charge in [-0.2, -0.15) is 0 Å². The van der Waals surface area contributed by atoms with Gasteiger partial charge in [-0.1, -0.05) is 275 Å². The molecule has 0 aliphatic heterocycles. The molecule has 2 unspecified atom stereocenters. The molecule has 0 aliphatic rings. The maximum atomic E-state index is 13.1. The highest BCUT2D eigenvalue weighted by Gasteiger charge is 2.30. The summed E-state index contributed by atoms with van der Waals surface area (Å²) in [7, 11) is -9.94. The first kappa shape index (κ1) is 92.8. The second-order valence-electron chi connectivity index (χ2n) is 26.0. The second kappa shape index (κ2) is 70.2. The van der Waals surface area contributed by atoms with Gasteiger partial charge in [-0.25, -0.2) is 9.13 Å². The number of carbonyl (C=O) groups is 4. The van der Waals surface area contributed by atoms with E-state index in [0.717, 1.165) is 141 Å². The van der Waals surface area contributed by atoms with Gasteiger partial charge in [0.15, 0.2) is 12.2 Å². The molecule has 5 atom stereocenters. The zero-order chi connectivity index (χ0) is 70.4. The monoisotopic (exact) mass is 1400 g/mol. The number of rotatable bonds is 73. The number of aliphatic hydroxyl groups is 1. The van der Waals surface area contributed by atoms with E-state index < -0.39 is 97.5 Å². The normalized spacial score (nSPS) is 14.3. The average molecular weight is 1400 g/mol. The van der Waals surface area contributed by atoms with Gasteiger partial charge in [0, 0.05) is 25.7 Å². The van der Waals surface area contributed by atoms with Gasteiger partial charge in [-0.3, -0.25) is 37.3 Å². The molecule has 0 amide bonds. The predicted molar refractivity (Wildman–Crippen MR) is 390 cm³/mol. The summed E-state index contributed by atoms with van der Waals surface area (Å²) in [5.74, 6) is -2.19. The number of carbonyl (C=O) groups excluding carboxylic acids is 4. The smallest absolute Gasteiger partial charge is 0.462 e. The minimum Gasteiger partial charge on any atom is -0.462 e. The van der Waals surface area contributed by atoms with Crippen molar-refractivity contribution in [2.75, 3.05) is 39.6 Å². The molecule has 17 nitrogen and oxygen atoms in total. The molecule has 0 aromatic heterocycles. The van der Waals surface area contributed by atoms with E-state index in [2.05, 4.69) is 88.5 Å². The van der Waals surface area contributed by atoms with Gasteiger partial charge in [-0.15, -0.1) is 0 Å². The molecular weight excluding hydrogens is 1260 g/mol. The summed E-state index contributed by atoms with van der Waals surface area (Å²) in [5, 5.41) is 10.6. The number of phosphoric ester groups is 2. The van der Waals surface area contributed by atoms with Crippen LogP contribution in [0.5, 0.6) is 0 Å². The fourth-order valence-corrected chi connectivity index (χ4v) is 12.1. The molecule has 0 aromatic rings. The third kappa shape index (κ3) is 69.2. The first-order chi connectivity index (χ1) is 46.7. The topological polar surface area (TPSA) is 237 Å². The summed E-state index contributed by atoms with van der Waals surface area (Å²) in [5.41, 5.74) is 0. The van der Waals surface area contributed by atoms with E-state index in [9.17, 15) is 43.2 Å². The largest absolute Gasteiger partial charge is 0.472 e. The summed E-state index contributed by atoms with van der Waals surface area (Å²) >= 11 is 0. The molecule has 560 valence electrons. The van der Waals surface area contributed by atoms with Crippen LogP contribution in [-0.2, 0) is 65.4 Å². The third-order valence-corrected chi connectivity index (χ3v) is 18.4. The first-order valence-corrected chi connectivity index (χ1v) is 41.5. The Morgan fingerprint density at radius 2 is 0.542 bits per heavy atom. The molecule has 0 spiro atoms. The lowest BCUT2D eigenvalue weighted by atomic mass is 10.0. The Hall–Kier alpha value is -3.24. The Morgan fingerprint density at radius 3 is 0.875 bits per heavy atom. The Labute approximate surface area is 584 Å². The Kier molecular flexibility index (Phi) is 67.8. The molecular formula is C77H140O17P2. The first-order valence-electron chi connectivity index (χ1n) is 38.5. The highest BCUT2D eigenvalue weighted by Crippen LogP contribution is 2.45. The van der Waals surface area contributed by atoms with Crippen molar-refractivity contribution in [3.63, 3.8) is 0 Å². The number of aliphatic hydroxyl groups excluding tert-OH is 1. The molecule has 0 bridgehead atoms. The lowest BCUT2D eigenvalue weighted by Crippen LogP contribution is -2.30. The fraction of sp³-hybridized carbons (Fsp3) is 0.818. The van der Waals surface area contributed by atoms with Crippen LogP contribution >= 0.6 is 15.6 Å². The summed E-state index contributed by atoms with van der Waals surface area (Å²) in [6.07, 6.45) is 67.7. The van der Waals surface area contributed by atoms with Gasteiger partial charge in [0.25, 0.3) is 0 Å². The molecule has 96 heavy (non-hydrogen) atoms. The van der Waals surface area contributed by atoms with Crippen molar-refractivity contribution >= 4 is 39.5 Å². The van der Waals surface area contributed by atoms with Gasteiger partial charge in [0.1, 0.15) is 19.3 Å². The molecule has 0 aromatic carbocycles. The average Bonchev–Trinajstić information content (AvgIpc) is 1.17. The van der Waals surface area contributed by atoms with Crippen molar-refractivity contribution in [1.29, 1.82) is 0 Å². The summed E-state index contributed by atoms with van der Waals surface area (Å²) in [6.45, 7) is 4.82. The summed E-state index contributed by atoms with van der Waals surface area (Å²) in [4.78, 5) is 72.8. The van der Waals surface area contributed by atoms with Crippen molar-refractivity contribution < 1.29 is 80.2 Å². The van der Waals surface area contributed by atoms with Crippen molar-refractivity contribution in [2.45, 2.75) is 367 Å². The summed E-state index contributed by atoms with van der Waals surface area (Å²) in [6, 6.07) is 0. The lowest BCUT2D eigenvalue weighted by molar-refractivity contribution is -0.161. The number of unbranched alkanes of at least 4 members (excludes halogenated alkanes) is 38. The van der Waals surface area contributed by atoms with Crippen molar-refractivity contribution in [1.82, 2.24) is 0 Å². The van der Waals surface area contributed by atoms with Crippen LogP contribution in [0.1, 0.15) is 349 Å². The molecule has 0 saturated carbocycles. The molecule has 0 radical (unpaired) electrons. The predicted octanol–water partition coefficient (Wildman–Crippen LogP) is 21.9. The molecule has 3 N–H and O–H groups in total. The number of esters is 4. The van der Waals surface area contributed by atoms with Crippen molar-refractivity contribution in [2.24, 2.45) is 0 Å². The maximum Gasteiger partial charge on any atom is 0.472 e. The van der Waals surface area contributed by atoms with Gasteiger partial charge in [0.05, 0.1) is 26.4 Å². The Bertz CT molecular complexity index is 2060. The van der Waals surface area contributed by atoms with E-state index in [1.54, 1.807) is 0 Å². The van der Waals surface area contributed by atoms with Gasteiger partial charge in [0.2, 0.25) is 0 Å². The third-order valence-electron chi connectivity index (χ3n) is 16.5. The van der Waals surface area contributed by atoms with E-state index in [-0.39, 0.29) is 25.7 Å². The number of hydrogen-bond acceptors (Lipinski definition) is 15. The van der Waals surface area contributed by atoms with Crippen LogP contribution in [0.2, 0.25) is 0 Å². The van der Waals surface area contributed by atoms with Crippen molar-refractivity contribution in [3.8, 4) is 0 Å². The zero-order valence-corrected chi connectivity index (χ0v) is 62.8. The van der Waals surface area contributed by atoms with Gasteiger partial charge in [-0.05, 0) is 109 Å². The van der Waals surface area contributed by atoms with Crippen LogP contribution in [0, 0.1) is 0 Å². The zero-order valence-electron chi connectivity index (χ0n) is 61.1. The molecule has 0 fully saturated rings. The minimum absolute atomic E-state index is 0.0822. The standard InChI is InChI=1S/C77H140O17P2/c1-5-9-13-17-21-25-29-33-35-39-42-46-50-54-58-62-75(80)88-68-72(93-76(81)63-59-55-51-47-43-38-32-28-24-20-16-12-8-4)69-91-95(83,84)89-65-71(78)66-90-96(85,86)92-70-73(67-87-74(79)61-57-53-49-45-41-37-31-27-23-19-15-11-7-3)94-77(82)64-60-56-52-48-44-40-36-34-30-26-22-18-14-10-6-2/h21,25-26,28,30,32-36,71-73,78H,5-20,22-24,27,29,31,37-70H2,1-4H3,(H,83,84)(H,85,86)/b25-21-,30-26-,32-28-,35-33-,36-34-/t71-,72-,73-/m1/s1. The van der Waals surface area contributed by atoms with Crippen LogP contribution in [0.3, 0.4) is 0 Å². The highest BCUT2D eigenvalue weighted by molar-refractivity contribution is 7.47. The molecule has 0 rings (SSSR count). The van der Waals surface area contributed by atoms with Gasteiger partial charge >= 0.3 is 39.5 Å². The number of hydrogen-bond donors (Lipinski definition) is 3. The van der Waals surface area contributed by atoms with Crippen molar-refractivity contribution in [3.05, 3.63) is 60.8 Å². The van der Waals surface area contributed by atoms with Crippen LogP contribution in [0.4, 0.5) is 0 Å². The highest BCUT2D eigenvalue weighted by atomic mass is 31.2. The molecule has 0 saturated heterocycles. The SMILES string of the molecule is CCCCC/C=C\C/C=C\CCCCCCCC(=O)OC[C@H](COP(=O)(O)OC[C@@H](O)COP(=O)(O)OC[C@@H](COC(=O)CCCCCCCCCCCCCCC)OC(=O)CCCCCCC/C=C\C=C/CCCCCC)OC(=O)CCCCCCC/C=C\CCCCCC. The fourth-order valence-electron chi connectivity index (χ4n) is 10.5. The van der Waals surface area contributed by atoms with Crippen LogP contribution < -0.4 is 0 Å². The quantitative estimate of drug-likeness (QED) is 0.0128.